The first-order chi connectivity index (χ1) is 13.9. The fraction of sp³-hybridized carbons (Fsp3) is 0.500. The highest BCUT2D eigenvalue weighted by Gasteiger charge is 2.22. The molecule has 0 radical (unpaired) electrons. The summed E-state index contributed by atoms with van der Waals surface area (Å²) in [4.78, 5) is 29.1. The van der Waals surface area contributed by atoms with Gasteiger partial charge in [-0.25, -0.2) is 10.8 Å². The molecule has 0 aliphatic heterocycles. The lowest BCUT2D eigenvalue weighted by atomic mass is 9.95. The summed E-state index contributed by atoms with van der Waals surface area (Å²) in [5.74, 6) is 5.19. The van der Waals surface area contributed by atoms with Crippen LogP contribution < -0.4 is 16.6 Å². The summed E-state index contributed by atoms with van der Waals surface area (Å²) in [5.41, 5.74) is 3.74. The predicted octanol–water partition coefficient (Wildman–Crippen LogP) is 3.48. The van der Waals surface area contributed by atoms with E-state index in [-0.39, 0.29) is 23.8 Å². The van der Waals surface area contributed by atoms with Crippen LogP contribution in [0.3, 0.4) is 0 Å². The standard InChI is InChI=1S/C22H32N4O2S/c1-15(2)8-7-11-20-25-19(14-29-20)22(28)24-18(12-16(3)21(27)26-23)13-17-9-5-4-6-10-17/h4-6,9-10,14-16,18H,7-8,11-13,23H2,1-3H3,(H,24,28)(H,26,27)/t16-,18+/m0/s1. The normalized spacial score (nSPS) is 13.1. The first-order valence-electron chi connectivity index (χ1n) is 10.2. The Bertz CT molecular complexity index is 776. The van der Waals surface area contributed by atoms with Crippen molar-refractivity contribution in [1.29, 1.82) is 0 Å². The van der Waals surface area contributed by atoms with E-state index >= 15 is 0 Å². The van der Waals surface area contributed by atoms with E-state index in [1.165, 1.54) is 11.3 Å². The Hall–Kier alpha value is -2.25. The van der Waals surface area contributed by atoms with Gasteiger partial charge in [-0.3, -0.25) is 15.0 Å². The zero-order chi connectivity index (χ0) is 21.2. The van der Waals surface area contributed by atoms with Crippen LogP contribution in [0.1, 0.15) is 61.1 Å². The number of carbonyl (C=O) groups is 2. The second-order valence-corrected chi connectivity index (χ2v) is 8.86. The third-order valence-corrected chi connectivity index (χ3v) is 5.75. The molecule has 1 heterocycles. The molecule has 158 valence electrons. The van der Waals surface area contributed by atoms with Crippen LogP contribution in [-0.2, 0) is 17.6 Å². The molecule has 0 aliphatic carbocycles. The number of hydrogen-bond acceptors (Lipinski definition) is 5. The minimum absolute atomic E-state index is 0.191. The van der Waals surface area contributed by atoms with Crippen molar-refractivity contribution in [3.63, 3.8) is 0 Å². The first kappa shape index (κ1) is 23.0. The molecule has 0 spiro atoms. The molecule has 1 aromatic heterocycles. The maximum Gasteiger partial charge on any atom is 0.270 e. The Morgan fingerprint density at radius 1 is 1.17 bits per heavy atom. The Kier molecular flexibility index (Phi) is 9.28. The number of nitrogens with zero attached hydrogens (tertiary/aromatic N) is 1. The number of amides is 2. The zero-order valence-corrected chi connectivity index (χ0v) is 18.3. The Balaban J connectivity index is 2.02. The quantitative estimate of drug-likeness (QED) is 0.297. The molecule has 29 heavy (non-hydrogen) atoms. The van der Waals surface area contributed by atoms with Gasteiger partial charge in [0.1, 0.15) is 5.69 Å². The first-order valence-corrected chi connectivity index (χ1v) is 11.1. The molecule has 1 aromatic carbocycles. The highest BCUT2D eigenvalue weighted by molar-refractivity contribution is 7.09. The number of nitrogens with one attached hydrogen (secondary N) is 2. The van der Waals surface area contributed by atoms with E-state index in [1.807, 2.05) is 42.6 Å². The van der Waals surface area contributed by atoms with E-state index in [0.717, 1.165) is 29.8 Å². The highest BCUT2D eigenvalue weighted by atomic mass is 32.1. The van der Waals surface area contributed by atoms with Gasteiger partial charge in [-0.05, 0) is 37.2 Å². The molecule has 0 saturated carbocycles. The minimum Gasteiger partial charge on any atom is -0.348 e. The molecule has 6 nitrogen and oxygen atoms in total. The van der Waals surface area contributed by atoms with Gasteiger partial charge in [0.15, 0.2) is 0 Å². The third kappa shape index (κ3) is 7.95. The number of rotatable bonds is 11. The van der Waals surface area contributed by atoms with Crippen LogP contribution in [0, 0.1) is 11.8 Å². The molecule has 2 rings (SSSR count). The SMILES string of the molecule is CC(C)CCCc1nc(C(=O)N[C@@H](Cc2ccccc2)C[C@H](C)C(=O)NN)cs1. The number of nitrogens with two attached hydrogens (primary N) is 1. The van der Waals surface area contributed by atoms with E-state index in [1.54, 1.807) is 0 Å². The Morgan fingerprint density at radius 3 is 2.55 bits per heavy atom. The van der Waals surface area contributed by atoms with E-state index in [2.05, 4.69) is 29.6 Å². The van der Waals surface area contributed by atoms with Crippen LogP contribution in [-0.4, -0.2) is 22.8 Å². The van der Waals surface area contributed by atoms with Crippen LogP contribution in [0.4, 0.5) is 0 Å². The summed E-state index contributed by atoms with van der Waals surface area (Å²) in [7, 11) is 0. The van der Waals surface area contributed by atoms with Crippen molar-refractivity contribution in [2.45, 2.75) is 58.9 Å². The number of aryl methyl sites for hydroxylation is 1. The number of hydrogen-bond donors (Lipinski definition) is 3. The van der Waals surface area contributed by atoms with Crippen LogP contribution in [0.15, 0.2) is 35.7 Å². The molecule has 7 heteroatoms. The lowest BCUT2D eigenvalue weighted by Gasteiger charge is -2.21. The molecule has 0 unspecified atom stereocenters. The van der Waals surface area contributed by atoms with Crippen LogP contribution >= 0.6 is 11.3 Å². The van der Waals surface area contributed by atoms with Gasteiger partial charge in [-0.1, -0.05) is 57.5 Å². The lowest BCUT2D eigenvalue weighted by Crippen LogP contribution is -2.42. The second kappa shape index (κ2) is 11.7. The van der Waals surface area contributed by atoms with Gasteiger partial charge in [-0.2, -0.15) is 0 Å². The van der Waals surface area contributed by atoms with E-state index in [0.29, 0.717) is 24.5 Å². The second-order valence-electron chi connectivity index (χ2n) is 7.92. The van der Waals surface area contributed by atoms with Crippen LogP contribution in [0.5, 0.6) is 0 Å². The van der Waals surface area contributed by atoms with Crippen LogP contribution in [0.2, 0.25) is 0 Å². The Morgan fingerprint density at radius 2 is 1.90 bits per heavy atom. The van der Waals surface area contributed by atoms with Crippen molar-refractivity contribution >= 4 is 23.2 Å². The van der Waals surface area contributed by atoms with Gasteiger partial charge in [0.05, 0.1) is 5.01 Å². The van der Waals surface area contributed by atoms with Crippen molar-refractivity contribution in [2.24, 2.45) is 17.7 Å². The predicted molar refractivity (Wildman–Crippen MR) is 117 cm³/mol. The third-order valence-electron chi connectivity index (χ3n) is 4.84. The topological polar surface area (TPSA) is 97.1 Å². The highest BCUT2D eigenvalue weighted by Crippen LogP contribution is 2.16. The number of benzene rings is 1. The molecule has 0 fully saturated rings. The maximum absolute atomic E-state index is 12.8. The van der Waals surface area contributed by atoms with Gasteiger partial charge in [0.2, 0.25) is 5.91 Å². The van der Waals surface area contributed by atoms with Crippen LogP contribution in [0.25, 0.3) is 0 Å². The summed E-state index contributed by atoms with van der Waals surface area (Å²) in [6, 6.07) is 9.73. The molecule has 4 N–H and O–H groups in total. The summed E-state index contributed by atoms with van der Waals surface area (Å²) < 4.78 is 0. The van der Waals surface area contributed by atoms with Crippen molar-refractivity contribution < 1.29 is 9.59 Å². The fourth-order valence-corrected chi connectivity index (χ4v) is 4.04. The Labute approximate surface area is 177 Å². The number of carbonyl (C=O) groups excluding carboxylic acids is 2. The van der Waals surface area contributed by atoms with E-state index < -0.39 is 0 Å². The summed E-state index contributed by atoms with van der Waals surface area (Å²) >= 11 is 1.53. The molecule has 2 amide bonds. The zero-order valence-electron chi connectivity index (χ0n) is 17.5. The maximum atomic E-state index is 12.8. The van der Waals surface area contributed by atoms with Gasteiger partial charge in [0, 0.05) is 17.3 Å². The number of thiazole rings is 1. The summed E-state index contributed by atoms with van der Waals surface area (Å²) in [5, 5.41) is 5.87. The van der Waals surface area contributed by atoms with E-state index in [4.69, 9.17) is 5.84 Å². The molecule has 2 atom stereocenters. The fourth-order valence-electron chi connectivity index (χ4n) is 3.22. The van der Waals surface area contributed by atoms with Crippen molar-refractivity contribution in [3.05, 3.63) is 52.0 Å². The molecule has 0 saturated heterocycles. The van der Waals surface area contributed by atoms with Gasteiger partial charge in [-0.15, -0.1) is 11.3 Å². The molecular formula is C22H32N4O2S. The average molecular weight is 417 g/mol. The molecule has 0 aliphatic rings. The molecule has 0 bridgehead atoms. The minimum atomic E-state index is -0.309. The van der Waals surface area contributed by atoms with E-state index in [9.17, 15) is 9.59 Å². The smallest absolute Gasteiger partial charge is 0.270 e. The number of aromatic nitrogens is 1. The molecule has 2 aromatic rings. The largest absolute Gasteiger partial charge is 0.348 e. The summed E-state index contributed by atoms with van der Waals surface area (Å²) in [6.45, 7) is 6.22. The van der Waals surface area contributed by atoms with Gasteiger partial charge < -0.3 is 5.32 Å². The summed E-state index contributed by atoms with van der Waals surface area (Å²) in [6.07, 6.45) is 4.27. The molecular weight excluding hydrogens is 384 g/mol. The number of hydrazine groups is 1. The monoisotopic (exact) mass is 416 g/mol. The van der Waals surface area contributed by atoms with Crippen molar-refractivity contribution in [2.75, 3.05) is 0 Å². The van der Waals surface area contributed by atoms with Gasteiger partial charge >= 0.3 is 0 Å². The van der Waals surface area contributed by atoms with Gasteiger partial charge in [0.25, 0.3) is 5.91 Å². The lowest BCUT2D eigenvalue weighted by molar-refractivity contribution is -0.124. The average Bonchev–Trinajstić information content (AvgIpc) is 3.16. The van der Waals surface area contributed by atoms with Crippen molar-refractivity contribution in [1.82, 2.24) is 15.7 Å². The van der Waals surface area contributed by atoms with Crippen molar-refractivity contribution in [3.8, 4) is 0 Å².